The standard InChI is InChI=1S/C20H21BrN4O2S/c1-27-17-7-6-15(21)10-14(17)11-23-18(26)13-4-3-9-25(12-13)20-24-16-5-2-8-22-19(16)28-20/h2,5-8,10,13H,3-4,9,11-12H2,1H3,(H,23,26)/t13-/m1/s1. The van der Waals surface area contributed by atoms with Crippen molar-refractivity contribution in [3.63, 3.8) is 0 Å². The second-order valence-corrected chi connectivity index (χ2v) is 8.65. The summed E-state index contributed by atoms with van der Waals surface area (Å²) >= 11 is 5.06. The van der Waals surface area contributed by atoms with Crippen LogP contribution in [0.15, 0.2) is 41.0 Å². The Morgan fingerprint density at radius 2 is 2.32 bits per heavy atom. The lowest BCUT2D eigenvalue weighted by Crippen LogP contribution is -2.43. The molecule has 6 nitrogen and oxygen atoms in total. The molecular weight excluding hydrogens is 440 g/mol. The lowest BCUT2D eigenvalue weighted by atomic mass is 9.97. The SMILES string of the molecule is COc1ccc(Br)cc1CNC(=O)[C@@H]1CCCN(c2nc3cccnc3s2)C1. The molecular formula is C20H21BrN4O2S. The number of nitrogens with one attached hydrogen (secondary N) is 1. The van der Waals surface area contributed by atoms with E-state index in [4.69, 9.17) is 4.74 Å². The molecule has 0 radical (unpaired) electrons. The van der Waals surface area contributed by atoms with Crippen molar-refractivity contribution in [2.45, 2.75) is 19.4 Å². The Labute approximate surface area is 176 Å². The van der Waals surface area contributed by atoms with Gasteiger partial charge in [0, 0.05) is 35.9 Å². The van der Waals surface area contributed by atoms with Crippen molar-refractivity contribution in [2.75, 3.05) is 25.1 Å². The van der Waals surface area contributed by atoms with Gasteiger partial charge in [-0.05, 0) is 43.2 Å². The summed E-state index contributed by atoms with van der Waals surface area (Å²) in [5.74, 6) is 0.800. The largest absolute Gasteiger partial charge is 0.496 e. The van der Waals surface area contributed by atoms with Crippen LogP contribution in [-0.2, 0) is 11.3 Å². The number of piperidine rings is 1. The summed E-state index contributed by atoms with van der Waals surface area (Å²) < 4.78 is 6.35. The number of benzene rings is 1. The van der Waals surface area contributed by atoms with E-state index in [1.54, 1.807) is 24.6 Å². The first-order valence-electron chi connectivity index (χ1n) is 9.20. The van der Waals surface area contributed by atoms with Gasteiger partial charge in [-0.25, -0.2) is 9.97 Å². The average molecular weight is 461 g/mol. The van der Waals surface area contributed by atoms with Crippen LogP contribution in [0.5, 0.6) is 5.75 Å². The van der Waals surface area contributed by atoms with Gasteiger partial charge in [0.15, 0.2) is 5.13 Å². The van der Waals surface area contributed by atoms with Crippen LogP contribution in [0.3, 0.4) is 0 Å². The molecule has 0 unspecified atom stereocenters. The fraction of sp³-hybridized carbons (Fsp3) is 0.350. The molecule has 1 amide bonds. The number of nitrogens with zero attached hydrogens (tertiary/aromatic N) is 3. The van der Waals surface area contributed by atoms with Crippen LogP contribution in [-0.4, -0.2) is 36.1 Å². The van der Waals surface area contributed by atoms with Crippen molar-refractivity contribution < 1.29 is 9.53 Å². The van der Waals surface area contributed by atoms with Crippen LogP contribution in [0.2, 0.25) is 0 Å². The third-order valence-electron chi connectivity index (χ3n) is 4.91. The zero-order valence-corrected chi connectivity index (χ0v) is 17.9. The second-order valence-electron chi connectivity index (χ2n) is 6.78. The van der Waals surface area contributed by atoms with Gasteiger partial charge in [-0.1, -0.05) is 27.3 Å². The molecule has 0 spiro atoms. The molecule has 1 aliphatic rings. The summed E-state index contributed by atoms with van der Waals surface area (Å²) in [6.07, 6.45) is 3.65. The maximum atomic E-state index is 12.8. The molecule has 0 aliphatic carbocycles. The molecule has 1 aliphatic heterocycles. The van der Waals surface area contributed by atoms with E-state index in [9.17, 15) is 4.79 Å². The van der Waals surface area contributed by atoms with Crippen molar-refractivity contribution in [3.05, 3.63) is 46.6 Å². The van der Waals surface area contributed by atoms with Crippen molar-refractivity contribution in [1.82, 2.24) is 15.3 Å². The average Bonchev–Trinajstić information content (AvgIpc) is 3.16. The Bertz CT molecular complexity index is 960. The van der Waals surface area contributed by atoms with Crippen LogP contribution in [0.1, 0.15) is 18.4 Å². The summed E-state index contributed by atoms with van der Waals surface area (Å²) in [7, 11) is 1.64. The first-order chi connectivity index (χ1) is 13.6. The van der Waals surface area contributed by atoms with E-state index < -0.39 is 0 Å². The van der Waals surface area contributed by atoms with E-state index in [2.05, 4.69) is 36.1 Å². The molecule has 2 aromatic heterocycles. The fourth-order valence-corrected chi connectivity index (χ4v) is 4.82. The first kappa shape index (κ1) is 19.1. The molecule has 1 atom stereocenters. The van der Waals surface area contributed by atoms with Crippen molar-refractivity contribution in [1.29, 1.82) is 0 Å². The van der Waals surface area contributed by atoms with Crippen LogP contribution in [0.25, 0.3) is 10.3 Å². The third kappa shape index (κ3) is 4.12. The molecule has 1 saturated heterocycles. The molecule has 1 N–H and O–H groups in total. The highest BCUT2D eigenvalue weighted by atomic mass is 79.9. The Hall–Kier alpha value is -2.19. The molecule has 0 bridgehead atoms. The molecule has 28 heavy (non-hydrogen) atoms. The number of hydrogen-bond acceptors (Lipinski definition) is 6. The highest BCUT2D eigenvalue weighted by molar-refractivity contribution is 9.10. The van der Waals surface area contributed by atoms with E-state index in [1.807, 2.05) is 30.3 Å². The number of hydrogen-bond donors (Lipinski definition) is 1. The van der Waals surface area contributed by atoms with Crippen molar-refractivity contribution in [2.24, 2.45) is 5.92 Å². The van der Waals surface area contributed by atoms with Gasteiger partial charge in [0.05, 0.1) is 13.0 Å². The summed E-state index contributed by atoms with van der Waals surface area (Å²) in [5.41, 5.74) is 1.87. The monoisotopic (exact) mass is 460 g/mol. The van der Waals surface area contributed by atoms with Gasteiger partial charge in [0.2, 0.25) is 5.91 Å². The highest BCUT2D eigenvalue weighted by Crippen LogP contribution is 2.30. The number of fused-ring (bicyclic) bond motifs is 1. The van der Waals surface area contributed by atoms with E-state index in [0.717, 1.165) is 50.7 Å². The number of anilines is 1. The van der Waals surface area contributed by atoms with Gasteiger partial charge in [0.25, 0.3) is 0 Å². The Morgan fingerprint density at radius 3 is 3.14 bits per heavy atom. The van der Waals surface area contributed by atoms with Crippen LogP contribution in [0.4, 0.5) is 5.13 Å². The minimum atomic E-state index is -0.0492. The van der Waals surface area contributed by atoms with Crippen LogP contribution >= 0.6 is 27.3 Å². The number of halogens is 1. The Balaban J connectivity index is 1.41. The number of ether oxygens (including phenoxy) is 1. The summed E-state index contributed by atoms with van der Waals surface area (Å²) in [4.78, 5) is 25.0. The number of methoxy groups -OCH3 is 1. The third-order valence-corrected chi connectivity index (χ3v) is 6.45. The van der Waals surface area contributed by atoms with Gasteiger partial charge in [0.1, 0.15) is 16.1 Å². The molecule has 1 fully saturated rings. The summed E-state index contributed by atoms with van der Waals surface area (Å²) in [6.45, 7) is 2.05. The smallest absolute Gasteiger partial charge is 0.225 e. The first-order valence-corrected chi connectivity index (χ1v) is 10.8. The number of pyridine rings is 1. The zero-order chi connectivity index (χ0) is 19.5. The van der Waals surface area contributed by atoms with E-state index in [-0.39, 0.29) is 11.8 Å². The number of rotatable bonds is 5. The van der Waals surface area contributed by atoms with Crippen molar-refractivity contribution >= 4 is 48.7 Å². The maximum absolute atomic E-state index is 12.8. The second kappa shape index (κ2) is 8.45. The molecule has 3 heterocycles. The minimum Gasteiger partial charge on any atom is -0.496 e. The van der Waals surface area contributed by atoms with Gasteiger partial charge in [-0.15, -0.1) is 0 Å². The van der Waals surface area contributed by atoms with Gasteiger partial charge >= 0.3 is 0 Å². The molecule has 1 aromatic carbocycles. The zero-order valence-electron chi connectivity index (χ0n) is 15.5. The van der Waals surface area contributed by atoms with Crippen LogP contribution < -0.4 is 15.0 Å². The molecule has 146 valence electrons. The maximum Gasteiger partial charge on any atom is 0.225 e. The summed E-state index contributed by atoms with van der Waals surface area (Å²) in [5, 5.41) is 4.02. The van der Waals surface area contributed by atoms with E-state index in [1.165, 1.54) is 0 Å². The quantitative estimate of drug-likeness (QED) is 0.623. The van der Waals surface area contributed by atoms with Gasteiger partial charge < -0.3 is 15.0 Å². The highest BCUT2D eigenvalue weighted by Gasteiger charge is 2.27. The number of carbonyl (C=O) groups excluding carboxylic acids is 1. The predicted octanol–water partition coefficient (Wildman–Crippen LogP) is 4.00. The summed E-state index contributed by atoms with van der Waals surface area (Å²) in [6, 6.07) is 9.67. The van der Waals surface area contributed by atoms with E-state index in [0.29, 0.717) is 13.1 Å². The van der Waals surface area contributed by atoms with Gasteiger partial charge in [-0.2, -0.15) is 0 Å². The fourth-order valence-electron chi connectivity index (χ4n) is 3.47. The lowest BCUT2D eigenvalue weighted by molar-refractivity contribution is -0.125. The molecule has 3 aromatic rings. The Morgan fingerprint density at radius 1 is 1.43 bits per heavy atom. The molecule has 8 heteroatoms. The topological polar surface area (TPSA) is 67.3 Å². The lowest BCUT2D eigenvalue weighted by Gasteiger charge is -2.31. The molecule has 4 rings (SSSR count). The van der Waals surface area contributed by atoms with E-state index >= 15 is 0 Å². The van der Waals surface area contributed by atoms with Crippen LogP contribution in [0, 0.1) is 5.92 Å². The normalized spacial score (nSPS) is 16.9. The number of thiazole rings is 1. The molecule has 0 saturated carbocycles. The predicted molar refractivity (Wildman–Crippen MR) is 115 cm³/mol. The number of amides is 1. The number of aromatic nitrogens is 2. The van der Waals surface area contributed by atoms with Gasteiger partial charge in [-0.3, -0.25) is 4.79 Å². The number of carbonyl (C=O) groups is 1. The minimum absolute atomic E-state index is 0.0492. The Kier molecular flexibility index (Phi) is 5.77. The van der Waals surface area contributed by atoms with Crippen molar-refractivity contribution in [3.8, 4) is 5.75 Å².